The van der Waals surface area contributed by atoms with E-state index in [0.717, 1.165) is 11.1 Å². The molecule has 5 nitrogen and oxygen atoms in total. The van der Waals surface area contributed by atoms with Gasteiger partial charge < -0.3 is 14.8 Å². The zero-order chi connectivity index (χ0) is 22.1. The molecule has 1 N–H and O–H groups in total. The predicted octanol–water partition coefficient (Wildman–Crippen LogP) is 5.34. The molecule has 0 aliphatic rings. The number of hydrogen-bond acceptors (Lipinski definition) is 5. The minimum Gasteiger partial charge on any atom is -0.455 e. The molecule has 0 fully saturated rings. The van der Waals surface area contributed by atoms with Gasteiger partial charge >= 0.3 is 5.97 Å². The number of ether oxygens (including phenoxy) is 2. The number of nitrogens with one attached hydrogen (secondary N) is 1. The van der Waals surface area contributed by atoms with Crippen molar-refractivity contribution in [3.05, 3.63) is 89.7 Å². The van der Waals surface area contributed by atoms with Crippen molar-refractivity contribution in [1.29, 1.82) is 0 Å². The van der Waals surface area contributed by atoms with Crippen molar-refractivity contribution < 1.29 is 23.5 Å². The van der Waals surface area contributed by atoms with Crippen LogP contribution in [-0.4, -0.2) is 24.2 Å². The number of hydrogen-bond donors (Lipinski definition) is 1. The summed E-state index contributed by atoms with van der Waals surface area (Å²) in [4.78, 5) is 24.1. The van der Waals surface area contributed by atoms with E-state index >= 15 is 0 Å². The standard InChI is InChI=1S/C24H22FNO4S/c1-17-6-12-20(13-7-17)30-22-5-3-2-4-21(22)26-23(27)14-29-24(28)16-31-15-18-8-10-19(25)11-9-18/h2-13H,14-16H2,1H3,(H,26,27). The molecular weight excluding hydrogens is 417 g/mol. The number of carbonyl (C=O) groups excluding carboxylic acids is 2. The fourth-order valence-electron chi connectivity index (χ4n) is 2.60. The van der Waals surface area contributed by atoms with Gasteiger partial charge in [-0.1, -0.05) is 42.0 Å². The third-order valence-corrected chi connectivity index (χ3v) is 5.15. The molecule has 0 radical (unpaired) electrons. The Labute approximate surface area is 184 Å². The van der Waals surface area contributed by atoms with Crippen molar-refractivity contribution in [2.45, 2.75) is 12.7 Å². The van der Waals surface area contributed by atoms with E-state index in [0.29, 0.717) is 22.9 Å². The maximum absolute atomic E-state index is 12.9. The molecule has 0 aromatic heterocycles. The summed E-state index contributed by atoms with van der Waals surface area (Å²) in [6.07, 6.45) is 0. The summed E-state index contributed by atoms with van der Waals surface area (Å²) in [6, 6.07) is 20.7. The molecule has 0 saturated carbocycles. The minimum atomic E-state index is -0.494. The number of anilines is 1. The first-order chi connectivity index (χ1) is 15.0. The summed E-state index contributed by atoms with van der Waals surface area (Å²) in [5.41, 5.74) is 2.50. The average molecular weight is 440 g/mol. The van der Waals surface area contributed by atoms with Crippen molar-refractivity contribution in [1.82, 2.24) is 0 Å². The summed E-state index contributed by atoms with van der Waals surface area (Å²) in [7, 11) is 0. The van der Waals surface area contributed by atoms with E-state index in [1.54, 1.807) is 36.4 Å². The average Bonchev–Trinajstić information content (AvgIpc) is 2.77. The number of aryl methyl sites for hydroxylation is 1. The Morgan fingerprint density at radius 1 is 0.968 bits per heavy atom. The van der Waals surface area contributed by atoms with Crippen LogP contribution in [0.1, 0.15) is 11.1 Å². The summed E-state index contributed by atoms with van der Waals surface area (Å²) in [5.74, 6) is 0.523. The molecule has 3 aromatic carbocycles. The fourth-order valence-corrected chi connectivity index (χ4v) is 3.38. The van der Waals surface area contributed by atoms with E-state index in [-0.39, 0.29) is 11.6 Å². The molecule has 160 valence electrons. The molecule has 0 aliphatic heterocycles. The molecule has 0 saturated heterocycles. The highest BCUT2D eigenvalue weighted by Gasteiger charge is 2.11. The van der Waals surface area contributed by atoms with E-state index in [9.17, 15) is 14.0 Å². The van der Waals surface area contributed by atoms with E-state index in [2.05, 4.69) is 5.32 Å². The van der Waals surface area contributed by atoms with E-state index in [1.165, 1.54) is 23.9 Å². The van der Waals surface area contributed by atoms with Gasteiger partial charge in [0.2, 0.25) is 0 Å². The third kappa shape index (κ3) is 7.46. The van der Waals surface area contributed by atoms with Crippen LogP contribution in [0.4, 0.5) is 10.1 Å². The Kier molecular flexibility index (Phi) is 8.06. The number of carbonyl (C=O) groups is 2. The van der Waals surface area contributed by atoms with Crippen molar-refractivity contribution in [2.24, 2.45) is 0 Å². The summed E-state index contributed by atoms with van der Waals surface area (Å²) in [6.45, 7) is 1.59. The molecule has 1 amide bonds. The SMILES string of the molecule is Cc1ccc(Oc2ccccc2NC(=O)COC(=O)CSCc2ccc(F)cc2)cc1. The third-order valence-electron chi connectivity index (χ3n) is 4.18. The molecule has 0 atom stereocenters. The number of amides is 1. The van der Waals surface area contributed by atoms with Crippen LogP contribution < -0.4 is 10.1 Å². The van der Waals surface area contributed by atoms with Crippen LogP contribution in [0.25, 0.3) is 0 Å². The van der Waals surface area contributed by atoms with Gasteiger partial charge in [-0.2, -0.15) is 0 Å². The molecule has 3 rings (SSSR count). The number of halogens is 1. The first-order valence-corrected chi connectivity index (χ1v) is 10.8. The van der Waals surface area contributed by atoms with Crippen LogP contribution in [0, 0.1) is 12.7 Å². The molecule has 31 heavy (non-hydrogen) atoms. The van der Waals surface area contributed by atoms with Crippen LogP contribution in [-0.2, 0) is 20.1 Å². The normalized spacial score (nSPS) is 10.4. The van der Waals surface area contributed by atoms with Crippen molar-refractivity contribution in [2.75, 3.05) is 17.7 Å². The lowest BCUT2D eigenvalue weighted by Crippen LogP contribution is -2.21. The van der Waals surface area contributed by atoms with E-state index in [4.69, 9.17) is 9.47 Å². The van der Waals surface area contributed by atoms with Crippen molar-refractivity contribution in [3.8, 4) is 11.5 Å². The van der Waals surface area contributed by atoms with Crippen LogP contribution in [0.5, 0.6) is 11.5 Å². The molecule has 3 aromatic rings. The van der Waals surface area contributed by atoms with Crippen LogP contribution in [0.2, 0.25) is 0 Å². The topological polar surface area (TPSA) is 64.6 Å². The highest BCUT2D eigenvalue weighted by atomic mass is 32.2. The smallest absolute Gasteiger partial charge is 0.316 e. The largest absolute Gasteiger partial charge is 0.455 e. The Morgan fingerprint density at radius 3 is 2.42 bits per heavy atom. The van der Waals surface area contributed by atoms with Crippen molar-refractivity contribution in [3.63, 3.8) is 0 Å². The monoisotopic (exact) mass is 439 g/mol. The van der Waals surface area contributed by atoms with Gasteiger partial charge in [-0.15, -0.1) is 11.8 Å². The summed E-state index contributed by atoms with van der Waals surface area (Å²) in [5, 5.41) is 2.70. The van der Waals surface area contributed by atoms with Gasteiger partial charge in [0, 0.05) is 5.75 Å². The van der Waals surface area contributed by atoms with Gasteiger partial charge in [-0.25, -0.2) is 4.39 Å². The predicted molar refractivity (Wildman–Crippen MR) is 120 cm³/mol. The second-order valence-electron chi connectivity index (χ2n) is 6.74. The lowest BCUT2D eigenvalue weighted by molar-refractivity contribution is -0.144. The highest BCUT2D eigenvalue weighted by Crippen LogP contribution is 2.29. The van der Waals surface area contributed by atoms with Gasteiger partial charge in [-0.05, 0) is 48.9 Å². The number of esters is 1. The van der Waals surface area contributed by atoms with E-state index in [1.807, 2.05) is 31.2 Å². The first-order valence-electron chi connectivity index (χ1n) is 9.61. The zero-order valence-electron chi connectivity index (χ0n) is 17.0. The van der Waals surface area contributed by atoms with Gasteiger partial charge in [0.05, 0.1) is 11.4 Å². The van der Waals surface area contributed by atoms with Crippen LogP contribution >= 0.6 is 11.8 Å². The summed E-state index contributed by atoms with van der Waals surface area (Å²) < 4.78 is 23.8. The fraction of sp³-hybridized carbons (Fsp3) is 0.167. The molecule has 0 spiro atoms. The second kappa shape index (κ2) is 11.2. The number of thioether (sulfide) groups is 1. The van der Waals surface area contributed by atoms with Gasteiger partial charge in [0.1, 0.15) is 11.6 Å². The van der Waals surface area contributed by atoms with E-state index < -0.39 is 18.5 Å². The van der Waals surface area contributed by atoms with Crippen molar-refractivity contribution >= 4 is 29.3 Å². The van der Waals surface area contributed by atoms with Gasteiger partial charge in [0.15, 0.2) is 12.4 Å². The number of benzene rings is 3. The number of rotatable bonds is 9. The molecule has 0 aliphatic carbocycles. The quantitative estimate of drug-likeness (QED) is 0.456. The van der Waals surface area contributed by atoms with Crippen LogP contribution in [0.15, 0.2) is 72.8 Å². The molecule has 0 unspecified atom stereocenters. The Bertz CT molecular complexity index is 1020. The summed E-state index contributed by atoms with van der Waals surface area (Å²) >= 11 is 1.33. The molecule has 7 heteroatoms. The second-order valence-corrected chi connectivity index (χ2v) is 7.72. The maximum atomic E-state index is 12.9. The molecular formula is C24H22FNO4S. The highest BCUT2D eigenvalue weighted by molar-refractivity contribution is 7.99. The lowest BCUT2D eigenvalue weighted by Gasteiger charge is -2.12. The van der Waals surface area contributed by atoms with Gasteiger partial charge in [-0.3, -0.25) is 9.59 Å². The zero-order valence-corrected chi connectivity index (χ0v) is 17.8. The Hall–Kier alpha value is -3.32. The molecule has 0 bridgehead atoms. The maximum Gasteiger partial charge on any atom is 0.316 e. The Balaban J connectivity index is 1.44. The minimum absolute atomic E-state index is 0.0950. The number of para-hydroxylation sites is 2. The lowest BCUT2D eigenvalue weighted by atomic mass is 10.2. The molecule has 0 heterocycles. The first kappa shape index (κ1) is 22.4. The van der Waals surface area contributed by atoms with Crippen LogP contribution in [0.3, 0.4) is 0 Å². The Morgan fingerprint density at radius 2 is 1.68 bits per heavy atom. The van der Waals surface area contributed by atoms with Gasteiger partial charge in [0.25, 0.3) is 5.91 Å².